The van der Waals surface area contributed by atoms with Gasteiger partial charge in [-0.05, 0) is 35.6 Å². The number of halogens is 1. The lowest BCUT2D eigenvalue weighted by molar-refractivity contribution is 0.477. The summed E-state index contributed by atoms with van der Waals surface area (Å²) in [6.07, 6.45) is 1.64. The second kappa shape index (κ2) is 5.22. The SMILES string of the molecule is Cc1cc(C(C)(C)C)ccc1Oc1ccnc(Cl)c1. The van der Waals surface area contributed by atoms with Crippen molar-refractivity contribution in [3.8, 4) is 11.5 Å². The van der Waals surface area contributed by atoms with Gasteiger partial charge in [0, 0.05) is 12.3 Å². The summed E-state index contributed by atoms with van der Waals surface area (Å²) < 4.78 is 5.83. The van der Waals surface area contributed by atoms with E-state index in [0.29, 0.717) is 10.9 Å². The Balaban J connectivity index is 2.27. The van der Waals surface area contributed by atoms with Crippen LogP contribution < -0.4 is 4.74 Å². The molecular weight excluding hydrogens is 258 g/mol. The van der Waals surface area contributed by atoms with Crippen molar-refractivity contribution in [2.24, 2.45) is 0 Å². The molecule has 0 bridgehead atoms. The Kier molecular flexibility index (Phi) is 3.81. The van der Waals surface area contributed by atoms with E-state index < -0.39 is 0 Å². The number of rotatable bonds is 2. The van der Waals surface area contributed by atoms with Gasteiger partial charge in [-0.1, -0.05) is 44.5 Å². The highest BCUT2D eigenvalue weighted by atomic mass is 35.5. The highest BCUT2D eigenvalue weighted by Crippen LogP contribution is 2.30. The van der Waals surface area contributed by atoms with Crippen LogP contribution in [0.5, 0.6) is 11.5 Å². The minimum absolute atomic E-state index is 0.142. The predicted molar refractivity (Wildman–Crippen MR) is 79.2 cm³/mol. The Morgan fingerprint density at radius 2 is 1.84 bits per heavy atom. The van der Waals surface area contributed by atoms with Gasteiger partial charge in [0.05, 0.1) is 0 Å². The van der Waals surface area contributed by atoms with E-state index in [1.165, 1.54) is 5.56 Å². The molecule has 0 saturated carbocycles. The minimum Gasteiger partial charge on any atom is -0.457 e. The quantitative estimate of drug-likeness (QED) is 0.709. The Hall–Kier alpha value is -1.54. The molecule has 0 spiro atoms. The number of pyridine rings is 1. The third-order valence-electron chi connectivity index (χ3n) is 2.97. The van der Waals surface area contributed by atoms with Gasteiger partial charge in [0.25, 0.3) is 0 Å². The highest BCUT2D eigenvalue weighted by molar-refractivity contribution is 6.29. The smallest absolute Gasteiger partial charge is 0.132 e. The summed E-state index contributed by atoms with van der Waals surface area (Å²) in [7, 11) is 0. The molecule has 0 N–H and O–H groups in total. The van der Waals surface area contributed by atoms with Crippen LogP contribution in [0.15, 0.2) is 36.5 Å². The van der Waals surface area contributed by atoms with Crippen molar-refractivity contribution >= 4 is 11.6 Å². The van der Waals surface area contributed by atoms with Crippen LogP contribution in [0, 0.1) is 6.92 Å². The molecule has 3 heteroatoms. The molecule has 19 heavy (non-hydrogen) atoms. The minimum atomic E-state index is 0.142. The normalized spacial score (nSPS) is 11.4. The van der Waals surface area contributed by atoms with Crippen molar-refractivity contribution in [1.29, 1.82) is 0 Å². The lowest BCUT2D eigenvalue weighted by atomic mass is 9.86. The van der Waals surface area contributed by atoms with Crippen LogP contribution >= 0.6 is 11.6 Å². The van der Waals surface area contributed by atoms with Crippen molar-refractivity contribution in [2.45, 2.75) is 33.1 Å². The van der Waals surface area contributed by atoms with Crippen molar-refractivity contribution in [1.82, 2.24) is 4.98 Å². The third kappa shape index (κ3) is 3.48. The standard InChI is InChI=1S/C16H18ClNO/c1-11-9-12(16(2,3)4)5-6-14(11)19-13-7-8-18-15(17)10-13/h5-10H,1-4H3. The summed E-state index contributed by atoms with van der Waals surface area (Å²) in [5, 5.41) is 0.432. The molecule has 0 aliphatic carbocycles. The maximum Gasteiger partial charge on any atom is 0.132 e. The van der Waals surface area contributed by atoms with E-state index in [1.54, 1.807) is 18.3 Å². The van der Waals surface area contributed by atoms with Crippen LogP contribution in [0.1, 0.15) is 31.9 Å². The van der Waals surface area contributed by atoms with Crippen molar-refractivity contribution in [3.63, 3.8) is 0 Å². The first-order valence-electron chi connectivity index (χ1n) is 6.27. The van der Waals surface area contributed by atoms with Crippen LogP contribution in [0.25, 0.3) is 0 Å². The van der Waals surface area contributed by atoms with E-state index >= 15 is 0 Å². The van der Waals surface area contributed by atoms with Gasteiger partial charge < -0.3 is 4.74 Å². The zero-order valence-corrected chi connectivity index (χ0v) is 12.5. The van der Waals surface area contributed by atoms with Crippen LogP contribution in [0.3, 0.4) is 0 Å². The lowest BCUT2D eigenvalue weighted by Crippen LogP contribution is -2.11. The summed E-state index contributed by atoms with van der Waals surface area (Å²) in [5.41, 5.74) is 2.55. The molecule has 2 aromatic rings. The molecule has 0 atom stereocenters. The van der Waals surface area contributed by atoms with E-state index in [1.807, 2.05) is 13.0 Å². The molecule has 100 valence electrons. The third-order valence-corrected chi connectivity index (χ3v) is 3.17. The second-order valence-corrected chi connectivity index (χ2v) is 6.03. The number of benzene rings is 1. The van der Waals surface area contributed by atoms with E-state index in [-0.39, 0.29) is 5.41 Å². The molecule has 0 fully saturated rings. The first-order chi connectivity index (χ1) is 8.86. The number of ether oxygens (including phenoxy) is 1. The Morgan fingerprint density at radius 3 is 2.42 bits per heavy atom. The number of hydrogen-bond donors (Lipinski definition) is 0. The first kappa shape index (κ1) is 13.9. The fourth-order valence-electron chi connectivity index (χ4n) is 1.81. The van der Waals surface area contributed by atoms with Crippen molar-refractivity contribution in [3.05, 3.63) is 52.8 Å². The van der Waals surface area contributed by atoms with Gasteiger partial charge >= 0.3 is 0 Å². The molecule has 1 aromatic heterocycles. The highest BCUT2D eigenvalue weighted by Gasteiger charge is 2.14. The largest absolute Gasteiger partial charge is 0.457 e. The summed E-state index contributed by atoms with van der Waals surface area (Å²) in [6.45, 7) is 8.65. The van der Waals surface area contributed by atoms with Gasteiger partial charge in [-0.25, -0.2) is 4.98 Å². The molecule has 0 aliphatic rings. The van der Waals surface area contributed by atoms with Crippen LogP contribution in [0.2, 0.25) is 5.15 Å². The average Bonchev–Trinajstić information content (AvgIpc) is 2.30. The summed E-state index contributed by atoms with van der Waals surface area (Å²) in [5.74, 6) is 1.54. The Morgan fingerprint density at radius 1 is 1.11 bits per heavy atom. The number of hydrogen-bond acceptors (Lipinski definition) is 2. The lowest BCUT2D eigenvalue weighted by Gasteiger charge is -2.20. The van der Waals surface area contributed by atoms with Crippen LogP contribution in [-0.4, -0.2) is 4.98 Å². The van der Waals surface area contributed by atoms with Gasteiger partial charge in [0.1, 0.15) is 16.7 Å². The van der Waals surface area contributed by atoms with Gasteiger partial charge in [-0.15, -0.1) is 0 Å². The maximum atomic E-state index is 5.84. The van der Waals surface area contributed by atoms with E-state index in [2.05, 4.69) is 37.9 Å². The van der Waals surface area contributed by atoms with Gasteiger partial charge in [-0.3, -0.25) is 0 Å². The maximum absolute atomic E-state index is 5.84. The molecule has 0 unspecified atom stereocenters. The average molecular weight is 276 g/mol. The van der Waals surface area contributed by atoms with E-state index in [4.69, 9.17) is 16.3 Å². The molecule has 1 heterocycles. The Labute approximate surface area is 119 Å². The van der Waals surface area contributed by atoms with E-state index in [9.17, 15) is 0 Å². The molecule has 2 nitrogen and oxygen atoms in total. The molecule has 2 rings (SSSR count). The zero-order valence-electron chi connectivity index (χ0n) is 11.7. The fraction of sp³-hybridized carbons (Fsp3) is 0.312. The molecule has 1 aromatic carbocycles. The number of aromatic nitrogens is 1. The molecular formula is C16H18ClNO. The fourth-order valence-corrected chi connectivity index (χ4v) is 1.97. The number of nitrogens with zero attached hydrogens (tertiary/aromatic N) is 1. The first-order valence-corrected chi connectivity index (χ1v) is 6.64. The zero-order chi connectivity index (χ0) is 14.0. The van der Waals surface area contributed by atoms with E-state index in [0.717, 1.165) is 11.3 Å². The Bertz CT molecular complexity index is 588. The molecule has 0 radical (unpaired) electrons. The summed E-state index contributed by atoms with van der Waals surface area (Å²) in [6, 6.07) is 9.77. The monoisotopic (exact) mass is 275 g/mol. The predicted octanol–water partition coefficient (Wildman–Crippen LogP) is 5.13. The van der Waals surface area contributed by atoms with Crippen LogP contribution in [-0.2, 0) is 5.41 Å². The van der Waals surface area contributed by atoms with Gasteiger partial charge in [0.15, 0.2) is 0 Å². The second-order valence-electron chi connectivity index (χ2n) is 5.65. The topological polar surface area (TPSA) is 22.1 Å². The molecule has 0 amide bonds. The number of aryl methyl sites for hydroxylation is 1. The van der Waals surface area contributed by atoms with Crippen molar-refractivity contribution in [2.75, 3.05) is 0 Å². The van der Waals surface area contributed by atoms with Gasteiger partial charge in [0.2, 0.25) is 0 Å². The van der Waals surface area contributed by atoms with Crippen LogP contribution in [0.4, 0.5) is 0 Å². The van der Waals surface area contributed by atoms with Crippen molar-refractivity contribution < 1.29 is 4.74 Å². The van der Waals surface area contributed by atoms with Gasteiger partial charge in [-0.2, -0.15) is 0 Å². The summed E-state index contributed by atoms with van der Waals surface area (Å²) >= 11 is 5.84. The molecule has 0 saturated heterocycles. The summed E-state index contributed by atoms with van der Waals surface area (Å²) in [4.78, 5) is 3.94. The molecule has 0 aliphatic heterocycles.